The number of fused-ring (bicyclic) bond motifs is 1. The monoisotopic (exact) mass is 720 g/mol. The highest BCUT2D eigenvalue weighted by Gasteiger charge is 2.17. The third-order valence-corrected chi connectivity index (χ3v) is 7.29. The summed E-state index contributed by atoms with van der Waals surface area (Å²) in [6.07, 6.45) is 2.36. The van der Waals surface area contributed by atoms with Gasteiger partial charge in [0, 0.05) is 16.1 Å². The fraction of sp³-hybridized carbons (Fsp3) is 0.241. The number of anilines is 1. The molecule has 0 unspecified atom stereocenters. The van der Waals surface area contributed by atoms with Crippen LogP contribution in [0.15, 0.2) is 69.0 Å². The van der Waals surface area contributed by atoms with Crippen molar-refractivity contribution >= 4 is 67.2 Å². The van der Waals surface area contributed by atoms with Gasteiger partial charge in [-0.2, -0.15) is 9.78 Å². The van der Waals surface area contributed by atoms with Gasteiger partial charge in [0.15, 0.2) is 18.1 Å². The van der Waals surface area contributed by atoms with Gasteiger partial charge in [-0.1, -0.05) is 35.8 Å². The summed E-state index contributed by atoms with van der Waals surface area (Å²) in [6, 6.07) is 14.6. The molecular weight excluding hydrogens is 694 g/mol. The second kappa shape index (κ2) is 13.4. The maximum atomic E-state index is 13.4. The maximum Gasteiger partial charge on any atom is 0.282 e. The van der Waals surface area contributed by atoms with Crippen LogP contribution in [0.25, 0.3) is 10.9 Å². The third-order valence-electron chi connectivity index (χ3n) is 6.00. The van der Waals surface area contributed by atoms with Gasteiger partial charge in [-0.15, -0.1) is 0 Å². The predicted octanol–water partition coefficient (Wildman–Crippen LogP) is 6.71. The summed E-state index contributed by atoms with van der Waals surface area (Å²) in [5.74, 6) is 0.499. The van der Waals surface area contributed by atoms with Crippen LogP contribution >= 0.6 is 38.5 Å². The van der Waals surface area contributed by atoms with Crippen LogP contribution in [-0.2, 0) is 4.79 Å². The smallest absolute Gasteiger partial charge is 0.282 e. The summed E-state index contributed by atoms with van der Waals surface area (Å²) < 4.78 is 27.8. The van der Waals surface area contributed by atoms with Gasteiger partial charge in [-0.05, 0) is 90.0 Å². The van der Waals surface area contributed by atoms with Gasteiger partial charge in [-0.3, -0.25) is 9.59 Å². The summed E-state index contributed by atoms with van der Waals surface area (Å²) in [5.41, 5.74) is 1.36. The van der Waals surface area contributed by atoms with Crippen molar-refractivity contribution in [1.29, 1.82) is 0 Å². The number of carbonyl (C=O) groups excluding carboxylic acids is 1. The van der Waals surface area contributed by atoms with Crippen LogP contribution in [0.1, 0.15) is 44.5 Å². The molecular formula is C29H27BrFIN4O4. The fourth-order valence-corrected chi connectivity index (χ4v) is 5.01. The van der Waals surface area contributed by atoms with Crippen molar-refractivity contribution in [2.75, 3.05) is 18.5 Å². The Balaban J connectivity index is 1.63. The van der Waals surface area contributed by atoms with E-state index in [-0.39, 0.29) is 18.1 Å². The summed E-state index contributed by atoms with van der Waals surface area (Å²) >= 11 is 5.52. The van der Waals surface area contributed by atoms with E-state index >= 15 is 0 Å². The number of aromatic nitrogens is 2. The predicted molar refractivity (Wildman–Crippen MR) is 166 cm³/mol. The number of ether oxygens (including phenoxy) is 2. The second-order valence-corrected chi connectivity index (χ2v) is 11.0. The van der Waals surface area contributed by atoms with Gasteiger partial charge < -0.3 is 14.8 Å². The Kier molecular flexibility index (Phi) is 9.90. The minimum absolute atomic E-state index is 0.00585. The van der Waals surface area contributed by atoms with Gasteiger partial charge in [0.25, 0.3) is 11.5 Å². The molecule has 1 amide bonds. The molecule has 0 saturated heterocycles. The van der Waals surface area contributed by atoms with E-state index < -0.39 is 11.7 Å². The number of nitrogens with zero attached hydrogens (tertiary/aromatic N) is 3. The SMILES string of the molecule is CCOc1cc(C=Nn2c([C@@H](C)CC)nc3ccc(Br)cc3c2=O)cc(I)c1OCC(=O)Nc1cccc(F)c1. The van der Waals surface area contributed by atoms with Crippen LogP contribution in [0, 0.1) is 9.39 Å². The lowest BCUT2D eigenvalue weighted by Crippen LogP contribution is -2.23. The molecule has 8 nitrogen and oxygen atoms in total. The number of rotatable bonds is 10. The molecule has 1 atom stereocenters. The molecule has 0 bridgehead atoms. The van der Waals surface area contributed by atoms with Crippen molar-refractivity contribution in [3.05, 3.63) is 90.2 Å². The molecule has 0 aliphatic carbocycles. The Labute approximate surface area is 252 Å². The molecule has 208 valence electrons. The fourth-order valence-electron chi connectivity index (χ4n) is 3.87. The number of nitrogens with one attached hydrogen (secondary N) is 1. The quantitative estimate of drug-likeness (QED) is 0.145. The van der Waals surface area contributed by atoms with Crippen molar-refractivity contribution in [1.82, 2.24) is 9.66 Å². The van der Waals surface area contributed by atoms with Crippen LogP contribution in [0.3, 0.4) is 0 Å². The lowest BCUT2D eigenvalue weighted by Gasteiger charge is -2.15. The topological polar surface area (TPSA) is 94.8 Å². The van der Waals surface area contributed by atoms with Crippen LogP contribution in [0.4, 0.5) is 10.1 Å². The first-order valence-corrected chi connectivity index (χ1v) is 14.5. The Morgan fingerprint density at radius 1 is 1.20 bits per heavy atom. The number of hydrogen-bond donors (Lipinski definition) is 1. The molecule has 1 aromatic heterocycles. The highest BCUT2D eigenvalue weighted by molar-refractivity contribution is 14.1. The number of amides is 1. The molecule has 1 N–H and O–H groups in total. The van der Waals surface area contributed by atoms with Crippen LogP contribution < -0.4 is 20.3 Å². The lowest BCUT2D eigenvalue weighted by atomic mass is 10.1. The van der Waals surface area contributed by atoms with Gasteiger partial charge >= 0.3 is 0 Å². The number of benzene rings is 3. The first-order chi connectivity index (χ1) is 19.2. The molecule has 0 radical (unpaired) electrons. The van der Waals surface area contributed by atoms with E-state index in [1.165, 1.54) is 22.9 Å². The maximum absolute atomic E-state index is 13.4. The Bertz CT molecular complexity index is 1640. The zero-order chi connectivity index (χ0) is 28.8. The van der Waals surface area contributed by atoms with Gasteiger partial charge in [0.1, 0.15) is 11.6 Å². The zero-order valence-corrected chi connectivity index (χ0v) is 25.8. The molecule has 3 aromatic carbocycles. The zero-order valence-electron chi connectivity index (χ0n) is 22.1. The molecule has 0 fully saturated rings. The van der Waals surface area contributed by atoms with Crippen molar-refractivity contribution in [2.24, 2.45) is 5.10 Å². The summed E-state index contributed by atoms with van der Waals surface area (Å²) in [5, 5.41) is 7.60. The van der Waals surface area contributed by atoms with Gasteiger partial charge in [0.2, 0.25) is 0 Å². The molecule has 1 heterocycles. The summed E-state index contributed by atoms with van der Waals surface area (Å²) in [7, 11) is 0. The Hall–Kier alpha value is -3.32. The van der Waals surface area contributed by atoms with E-state index in [4.69, 9.17) is 14.5 Å². The minimum Gasteiger partial charge on any atom is -0.490 e. The van der Waals surface area contributed by atoms with Gasteiger partial charge in [-0.25, -0.2) is 9.37 Å². The molecule has 0 aliphatic rings. The van der Waals surface area contributed by atoms with Crippen molar-refractivity contribution in [2.45, 2.75) is 33.1 Å². The number of halogens is 3. The largest absolute Gasteiger partial charge is 0.490 e. The molecule has 0 spiro atoms. The number of carbonyl (C=O) groups is 1. The highest BCUT2D eigenvalue weighted by atomic mass is 127. The molecule has 0 aliphatic heterocycles. The van der Waals surface area contributed by atoms with Gasteiger partial charge in [0.05, 0.1) is 27.3 Å². The van der Waals surface area contributed by atoms with Crippen LogP contribution in [0.2, 0.25) is 0 Å². The van der Waals surface area contributed by atoms with Crippen molar-refractivity contribution < 1.29 is 18.7 Å². The first-order valence-electron chi connectivity index (χ1n) is 12.6. The van der Waals surface area contributed by atoms with Crippen LogP contribution in [0.5, 0.6) is 11.5 Å². The van der Waals surface area contributed by atoms with E-state index in [0.29, 0.717) is 49.7 Å². The standard InChI is InChI=1S/C29H27BrFIN4O4/c1-4-17(3)28-35-24-10-9-19(30)13-22(24)29(38)36(28)33-15-18-11-23(32)27(25(12-18)39-5-2)40-16-26(37)34-21-8-6-7-20(31)14-21/h6-15,17H,4-5,16H2,1-3H3,(H,34,37)/t17-/m0/s1. The molecule has 40 heavy (non-hydrogen) atoms. The minimum atomic E-state index is -0.449. The van der Waals surface area contributed by atoms with E-state index in [0.717, 1.165) is 10.9 Å². The van der Waals surface area contributed by atoms with E-state index in [1.807, 2.05) is 39.0 Å². The normalized spacial score (nSPS) is 12.1. The number of hydrogen-bond acceptors (Lipinski definition) is 6. The van der Waals surface area contributed by atoms with E-state index in [9.17, 15) is 14.0 Å². The van der Waals surface area contributed by atoms with Crippen molar-refractivity contribution in [3.63, 3.8) is 0 Å². The molecule has 0 saturated carbocycles. The molecule has 11 heteroatoms. The average Bonchev–Trinajstić information content (AvgIpc) is 2.92. The second-order valence-electron chi connectivity index (χ2n) is 8.91. The third kappa shape index (κ3) is 7.05. The van der Waals surface area contributed by atoms with E-state index in [2.05, 4.69) is 48.9 Å². The van der Waals surface area contributed by atoms with E-state index in [1.54, 1.807) is 24.4 Å². The lowest BCUT2D eigenvalue weighted by molar-refractivity contribution is -0.118. The Morgan fingerprint density at radius 3 is 2.73 bits per heavy atom. The van der Waals surface area contributed by atoms with Crippen LogP contribution in [-0.4, -0.2) is 35.0 Å². The summed E-state index contributed by atoms with van der Waals surface area (Å²) in [6.45, 7) is 5.94. The molecule has 4 rings (SSSR count). The Morgan fingerprint density at radius 2 is 2.00 bits per heavy atom. The first kappa shape index (κ1) is 29.7. The molecule has 4 aromatic rings. The van der Waals surface area contributed by atoms with Crippen molar-refractivity contribution in [3.8, 4) is 11.5 Å². The average molecular weight is 721 g/mol. The highest BCUT2D eigenvalue weighted by Crippen LogP contribution is 2.34. The summed E-state index contributed by atoms with van der Waals surface area (Å²) in [4.78, 5) is 30.6.